The summed E-state index contributed by atoms with van der Waals surface area (Å²) < 4.78 is 0. The highest BCUT2D eigenvalue weighted by molar-refractivity contribution is 5.96. The maximum atomic E-state index is 12.2. The summed E-state index contributed by atoms with van der Waals surface area (Å²) >= 11 is 0. The summed E-state index contributed by atoms with van der Waals surface area (Å²) in [5.41, 5.74) is 4.82. The number of carbonyl (C=O) groups is 1. The number of fused-ring (bicyclic) bond motifs is 1. The first-order chi connectivity index (χ1) is 12.5. The van der Waals surface area contributed by atoms with Crippen LogP contribution in [0.2, 0.25) is 0 Å². The summed E-state index contributed by atoms with van der Waals surface area (Å²) in [6, 6.07) is 6.54. The number of piperidine rings is 1. The third-order valence-electron chi connectivity index (χ3n) is 5.13. The van der Waals surface area contributed by atoms with Gasteiger partial charge in [-0.15, -0.1) is 0 Å². The highest BCUT2D eigenvalue weighted by Crippen LogP contribution is 2.34. The number of aromatic nitrogens is 1. The molecule has 1 aliphatic heterocycles. The zero-order valence-corrected chi connectivity index (χ0v) is 15.8. The van der Waals surface area contributed by atoms with Gasteiger partial charge in [0.05, 0.1) is 16.8 Å². The molecule has 0 spiro atoms. The lowest BCUT2D eigenvalue weighted by Crippen LogP contribution is -2.41. The number of rotatable bonds is 4. The van der Waals surface area contributed by atoms with Gasteiger partial charge in [0.1, 0.15) is 6.07 Å². The minimum Gasteiger partial charge on any atom is -0.370 e. The smallest absolute Gasteiger partial charge is 0.223 e. The SMILES string of the molecule is CCCNC(=O)C1CCN(c2c(C#N)cnc3c(C)cc(C)cc23)CC1. The van der Waals surface area contributed by atoms with E-state index >= 15 is 0 Å². The van der Waals surface area contributed by atoms with Gasteiger partial charge in [0, 0.05) is 37.1 Å². The summed E-state index contributed by atoms with van der Waals surface area (Å²) in [5, 5.41) is 13.6. The fourth-order valence-corrected chi connectivity index (χ4v) is 3.83. The van der Waals surface area contributed by atoms with Crippen molar-refractivity contribution in [3.8, 4) is 6.07 Å². The Kier molecular flexibility index (Phi) is 5.41. The first-order valence-corrected chi connectivity index (χ1v) is 9.37. The molecule has 26 heavy (non-hydrogen) atoms. The highest BCUT2D eigenvalue weighted by atomic mass is 16.1. The fourth-order valence-electron chi connectivity index (χ4n) is 3.83. The van der Waals surface area contributed by atoms with E-state index in [0.717, 1.165) is 61.1 Å². The second kappa shape index (κ2) is 7.74. The standard InChI is InChI=1S/C21H26N4O/c1-4-7-23-21(26)16-5-8-25(9-6-16)20-17(12-22)13-24-19-15(3)10-14(2)11-18(19)20/h10-11,13,16H,4-9H2,1-3H3,(H,23,26). The molecule has 0 aliphatic carbocycles. The minimum atomic E-state index is 0.0694. The quantitative estimate of drug-likeness (QED) is 0.917. The maximum Gasteiger partial charge on any atom is 0.223 e. The number of hydrogen-bond acceptors (Lipinski definition) is 4. The van der Waals surface area contributed by atoms with E-state index in [4.69, 9.17) is 0 Å². The number of nitrogens with zero attached hydrogens (tertiary/aromatic N) is 3. The van der Waals surface area contributed by atoms with Crippen LogP contribution in [0.1, 0.15) is 42.9 Å². The van der Waals surface area contributed by atoms with Gasteiger partial charge in [0.15, 0.2) is 0 Å². The van der Waals surface area contributed by atoms with Crippen molar-refractivity contribution in [3.63, 3.8) is 0 Å². The van der Waals surface area contributed by atoms with Crippen molar-refractivity contribution in [2.24, 2.45) is 5.92 Å². The number of carbonyl (C=O) groups excluding carboxylic acids is 1. The van der Waals surface area contributed by atoms with Crippen LogP contribution in [0.4, 0.5) is 5.69 Å². The summed E-state index contributed by atoms with van der Waals surface area (Å²) in [5.74, 6) is 0.234. The lowest BCUT2D eigenvalue weighted by Gasteiger charge is -2.34. The van der Waals surface area contributed by atoms with Crippen LogP contribution in [-0.2, 0) is 4.79 Å². The monoisotopic (exact) mass is 350 g/mol. The molecule has 1 amide bonds. The Morgan fingerprint density at radius 3 is 2.73 bits per heavy atom. The molecule has 136 valence electrons. The van der Waals surface area contributed by atoms with Gasteiger partial charge >= 0.3 is 0 Å². The van der Waals surface area contributed by atoms with Crippen LogP contribution < -0.4 is 10.2 Å². The normalized spacial score (nSPS) is 15.1. The molecule has 5 heteroatoms. The number of nitrogens with one attached hydrogen (secondary N) is 1. The molecule has 1 aromatic heterocycles. The van der Waals surface area contributed by atoms with Gasteiger partial charge in [-0.3, -0.25) is 9.78 Å². The molecule has 1 fully saturated rings. The molecule has 0 unspecified atom stereocenters. The third-order valence-corrected chi connectivity index (χ3v) is 5.13. The summed E-state index contributed by atoms with van der Waals surface area (Å²) in [6.07, 6.45) is 4.27. The molecule has 1 N–H and O–H groups in total. The molecule has 5 nitrogen and oxygen atoms in total. The third kappa shape index (κ3) is 3.50. The van der Waals surface area contributed by atoms with Crippen molar-refractivity contribution in [1.29, 1.82) is 5.26 Å². The number of aryl methyl sites for hydroxylation is 2. The maximum absolute atomic E-state index is 12.2. The number of anilines is 1. The first-order valence-electron chi connectivity index (χ1n) is 9.37. The molecule has 0 saturated carbocycles. The van der Waals surface area contributed by atoms with E-state index in [1.807, 2.05) is 0 Å². The predicted octanol–water partition coefficient (Wildman–Crippen LogP) is 3.47. The Hall–Kier alpha value is -2.61. The topological polar surface area (TPSA) is 69.0 Å². The second-order valence-corrected chi connectivity index (χ2v) is 7.16. The summed E-state index contributed by atoms with van der Waals surface area (Å²) in [4.78, 5) is 19.0. The number of pyridine rings is 1. The Morgan fingerprint density at radius 1 is 1.35 bits per heavy atom. The van der Waals surface area contributed by atoms with E-state index in [0.29, 0.717) is 5.56 Å². The summed E-state index contributed by atoms with van der Waals surface area (Å²) in [7, 11) is 0. The van der Waals surface area contributed by atoms with E-state index in [2.05, 4.69) is 54.2 Å². The average molecular weight is 350 g/mol. The Bertz CT molecular complexity index is 860. The Balaban J connectivity index is 1.89. The van der Waals surface area contributed by atoms with Crippen LogP contribution in [0, 0.1) is 31.1 Å². The van der Waals surface area contributed by atoms with Gasteiger partial charge in [-0.1, -0.05) is 18.6 Å². The number of amides is 1. The van der Waals surface area contributed by atoms with E-state index in [1.165, 1.54) is 5.56 Å². The van der Waals surface area contributed by atoms with Crippen LogP contribution in [0.15, 0.2) is 18.3 Å². The van der Waals surface area contributed by atoms with E-state index in [-0.39, 0.29) is 11.8 Å². The average Bonchev–Trinajstić information content (AvgIpc) is 2.65. The molecule has 1 aliphatic rings. The van der Waals surface area contributed by atoms with Gasteiger partial charge in [-0.05, 0) is 44.7 Å². The van der Waals surface area contributed by atoms with Crippen LogP contribution in [0.3, 0.4) is 0 Å². The minimum absolute atomic E-state index is 0.0694. The molecular formula is C21H26N4O. The fraction of sp³-hybridized carbons (Fsp3) is 0.476. The lowest BCUT2D eigenvalue weighted by atomic mass is 9.94. The highest BCUT2D eigenvalue weighted by Gasteiger charge is 2.27. The van der Waals surface area contributed by atoms with Crippen LogP contribution in [-0.4, -0.2) is 30.5 Å². The zero-order chi connectivity index (χ0) is 18.7. The molecular weight excluding hydrogens is 324 g/mol. The largest absolute Gasteiger partial charge is 0.370 e. The second-order valence-electron chi connectivity index (χ2n) is 7.16. The zero-order valence-electron chi connectivity index (χ0n) is 15.8. The molecule has 0 radical (unpaired) electrons. The van der Waals surface area contributed by atoms with E-state index < -0.39 is 0 Å². The molecule has 2 aromatic rings. The lowest BCUT2D eigenvalue weighted by molar-refractivity contribution is -0.125. The van der Waals surface area contributed by atoms with Crippen molar-refractivity contribution in [3.05, 3.63) is 35.0 Å². The van der Waals surface area contributed by atoms with Gasteiger partial charge in [-0.25, -0.2) is 0 Å². The molecule has 1 aromatic carbocycles. The van der Waals surface area contributed by atoms with Crippen molar-refractivity contribution in [2.75, 3.05) is 24.5 Å². The number of benzene rings is 1. The molecule has 0 bridgehead atoms. The Morgan fingerprint density at radius 2 is 2.08 bits per heavy atom. The molecule has 0 atom stereocenters. The van der Waals surface area contributed by atoms with Crippen molar-refractivity contribution >= 4 is 22.5 Å². The van der Waals surface area contributed by atoms with Gasteiger partial charge < -0.3 is 10.2 Å². The number of nitriles is 1. The summed E-state index contributed by atoms with van der Waals surface area (Å²) in [6.45, 7) is 8.49. The predicted molar refractivity (Wildman–Crippen MR) is 104 cm³/mol. The molecule has 2 heterocycles. The van der Waals surface area contributed by atoms with Gasteiger partial charge in [0.25, 0.3) is 0 Å². The first kappa shape index (κ1) is 18.2. The molecule has 1 saturated heterocycles. The number of hydrogen-bond donors (Lipinski definition) is 1. The van der Waals surface area contributed by atoms with Gasteiger partial charge in [0.2, 0.25) is 5.91 Å². The van der Waals surface area contributed by atoms with E-state index in [9.17, 15) is 10.1 Å². The van der Waals surface area contributed by atoms with Crippen LogP contribution in [0.25, 0.3) is 10.9 Å². The van der Waals surface area contributed by atoms with Crippen LogP contribution >= 0.6 is 0 Å². The van der Waals surface area contributed by atoms with Crippen LogP contribution in [0.5, 0.6) is 0 Å². The van der Waals surface area contributed by atoms with Crippen molar-refractivity contribution < 1.29 is 4.79 Å². The molecule has 3 rings (SSSR count). The van der Waals surface area contributed by atoms with Crippen molar-refractivity contribution in [2.45, 2.75) is 40.0 Å². The van der Waals surface area contributed by atoms with Crippen molar-refractivity contribution in [1.82, 2.24) is 10.3 Å². The Labute approximate surface area is 155 Å². The van der Waals surface area contributed by atoms with Gasteiger partial charge in [-0.2, -0.15) is 5.26 Å². The van der Waals surface area contributed by atoms with E-state index in [1.54, 1.807) is 6.20 Å².